The van der Waals surface area contributed by atoms with E-state index in [1.807, 2.05) is 0 Å². The first-order chi connectivity index (χ1) is 5.50. The summed E-state index contributed by atoms with van der Waals surface area (Å²) in [6, 6.07) is 0. The molecule has 0 amide bonds. The van der Waals surface area contributed by atoms with Crippen LogP contribution in [0.2, 0.25) is 19.6 Å². The minimum Gasteiger partial charge on any atom is -0.0810 e. The molecule has 0 saturated heterocycles. The number of halogens is 1. The van der Waals surface area contributed by atoms with Crippen LogP contribution in [0.3, 0.4) is 0 Å². The summed E-state index contributed by atoms with van der Waals surface area (Å²) in [5, 5.41) is 1.76. The maximum atomic E-state index is 3.76. The molecular weight excluding hydrogens is 228 g/mol. The van der Waals surface area contributed by atoms with E-state index in [2.05, 4.69) is 47.7 Å². The lowest BCUT2D eigenvalue weighted by Crippen LogP contribution is -2.27. The quantitative estimate of drug-likeness (QED) is 0.486. The molecule has 2 atom stereocenters. The molecule has 0 aromatic rings. The first-order valence-corrected chi connectivity index (χ1v) is 8.88. The Morgan fingerprint density at radius 1 is 1.25 bits per heavy atom. The van der Waals surface area contributed by atoms with Crippen LogP contribution in [0.15, 0.2) is 21.8 Å². The number of allylic oxidation sites excluding steroid dienone is 4. The molecular formula is C10H15BrSi. The summed E-state index contributed by atoms with van der Waals surface area (Å²) in [6.45, 7) is 7.33. The molecule has 66 valence electrons. The van der Waals surface area contributed by atoms with Crippen molar-refractivity contribution < 1.29 is 0 Å². The van der Waals surface area contributed by atoms with Crippen molar-refractivity contribution in [1.29, 1.82) is 0 Å². The summed E-state index contributed by atoms with van der Waals surface area (Å²) in [6.07, 6.45) is 6.11. The van der Waals surface area contributed by atoms with Crippen molar-refractivity contribution in [3.8, 4) is 0 Å². The Bertz CT molecular complexity index is 270. The Hall–Kier alpha value is 0.177. The van der Waals surface area contributed by atoms with Gasteiger partial charge >= 0.3 is 0 Å². The van der Waals surface area contributed by atoms with Crippen LogP contribution < -0.4 is 0 Å². The van der Waals surface area contributed by atoms with Crippen molar-refractivity contribution in [1.82, 2.24) is 0 Å². The molecule has 0 unspecified atom stereocenters. The molecule has 12 heavy (non-hydrogen) atoms. The van der Waals surface area contributed by atoms with Crippen molar-refractivity contribution in [3.05, 3.63) is 21.8 Å². The zero-order valence-electron chi connectivity index (χ0n) is 7.89. The maximum absolute atomic E-state index is 3.76. The van der Waals surface area contributed by atoms with Crippen molar-refractivity contribution in [2.75, 3.05) is 0 Å². The molecule has 2 heteroatoms. The second kappa shape index (κ2) is 2.58. The standard InChI is InChI=1S/C10H15BrSi/c1-12(2,3)10-8-5-4-7(6-8)9(10)11/h4-5,7-8H,6H2,1-3H3/t7-,8+/m1/s1. The zero-order valence-corrected chi connectivity index (χ0v) is 10.5. The third-order valence-electron chi connectivity index (χ3n) is 2.85. The van der Waals surface area contributed by atoms with Gasteiger partial charge < -0.3 is 0 Å². The highest BCUT2D eigenvalue weighted by molar-refractivity contribution is 9.11. The molecule has 0 fully saturated rings. The predicted octanol–water partition coefficient (Wildman–Crippen LogP) is 3.72. The summed E-state index contributed by atoms with van der Waals surface area (Å²) in [7, 11) is -1.06. The van der Waals surface area contributed by atoms with Gasteiger partial charge in [-0.15, -0.1) is 0 Å². The van der Waals surface area contributed by atoms with Crippen LogP contribution in [0.1, 0.15) is 6.42 Å². The summed E-state index contributed by atoms with van der Waals surface area (Å²) in [4.78, 5) is 0. The summed E-state index contributed by atoms with van der Waals surface area (Å²) < 4.78 is 1.52. The van der Waals surface area contributed by atoms with E-state index < -0.39 is 8.07 Å². The average Bonchev–Trinajstić information content (AvgIpc) is 2.42. The third kappa shape index (κ3) is 1.16. The monoisotopic (exact) mass is 242 g/mol. The highest BCUT2D eigenvalue weighted by Crippen LogP contribution is 2.49. The van der Waals surface area contributed by atoms with Gasteiger partial charge in [0.25, 0.3) is 0 Å². The smallest absolute Gasteiger partial charge is 0.0742 e. The van der Waals surface area contributed by atoms with Crippen molar-refractivity contribution in [2.24, 2.45) is 11.8 Å². The van der Waals surface area contributed by atoms with Gasteiger partial charge in [-0.3, -0.25) is 0 Å². The SMILES string of the molecule is C[Si](C)(C)C1=C(Br)[C@@H]2C=C[C@H]1C2. The minimum atomic E-state index is -1.06. The van der Waals surface area contributed by atoms with Gasteiger partial charge in [0, 0.05) is 5.92 Å². The maximum Gasteiger partial charge on any atom is 0.0742 e. The van der Waals surface area contributed by atoms with E-state index >= 15 is 0 Å². The van der Waals surface area contributed by atoms with Gasteiger partial charge in [0.15, 0.2) is 0 Å². The fourth-order valence-electron chi connectivity index (χ4n) is 2.39. The number of hydrogen-bond donors (Lipinski definition) is 0. The molecule has 2 aliphatic rings. The lowest BCUT2D eigenvalue weighted by molar-refractivity contribution is 0.722. The molecule has 0 aromatic carbocycles. The topological polar surface area (TPSA) is 0 Å². The number of rotatable bonds is 1. The van der Waals surface area contributed by atoms with Gasteiger partial charge in [-0.1, -0.05) is 52.9 Å². The first-order valence-electron chi connectivity index (χ1n) is 4.58. The van der Waals surface area contributed by atoms with E-state index in [1.165, 1.54) is 10.9 Å². The van der Waals surface area contributed by atoms with Crippen molar-refractivity contribution in [2.45, 2.75) is 26.1 Å². The second-order valence-corrected chi connectivity index (χ2v) is 10.7. The molecule has 0 aromatic heterocycles. The average molecular weight is 243 g/mol. The largest absolute Gasteiger partial charge is 0.0810 e. The Morgan fingerprint density at radius 2 is 1.83 bits per heavy atom. The van der Waals surface area contributed by atoms with Crippen LogP contribution in [-0.2, 0) is 0 Å². The summed E-state index contributed by atoms with van der Waals surface area (Å²) in [5.74, 6) is 1.52. The molecule has 0 nitrogen and oxygen atoms in total. The van der Waals surface area contributed by atoms with Gasteiger partial charge in [-0.05, 0) is 16.8 Å². The molecule has 0 radical (unpaired) electrons. The fraction of sp³-hybridized carbons (Fsp3) is 0.600. The van der Waals surface area contributed by atoms with Crippen LogP contribution in [0.4, 0.5) is 0 Å². The van der Waals surface area contributed by atoms with Crippen LogP contribution in [-0.4, -0.2) is 8.07 Å². The Kier molecular flexibility index (Phi) is 1.88. The molecule has 2 aliphatic carbocycles. The predicted molar refractivity (Wildman–Crippen MR) is 60.0 cm³/mol. The molecule has 0 N–H and O–H groups in total. The molecule has 0 heterocycles. The molecule has 0 aliphatic heterocycles. The summed E-state index contributed by atoms with van der Waals surface area (Å²) in [5.41, 5.74) is 0. The Balaban J connectivity index is 2.39. The number of fused-ring (bicyclic) bond motifs is 2. The zero-order chi connectivity index (χ0) is 8.93. The fourth-order valence-corrected chi connectivity index (χ4v) is 7.04. The van der Waals surface area contributed by atoms with Crippen LogP contribution in [0.5, 0.6) is 0 Å². The lowest BCUT2D eigenvalue weighted by atomic mass is 10.2. The van der Waals surface area contributed by atoms with Crippen LogP contribution >= 0.6 is 15.9 Å². The van der Waals surface area contributed by atoms with Gasteiger partial charge in [0.2, 0.25) is 0 Å². The number of hydrogen-bond acceptors (Lipinski definition) is 0. The molecule has 0 saturated carbocycles. The van der Waals surface area contributed by atoms with Gasteiger partial charge in [0.1, 0.15) is 0 Å². The van der Waals surface area contributed by atoms with E-state index in [9.17, 15) is 0 Å². The molecule has 2 rings (SSSR count). The molecule has 2 bridgehead atoms. The van der Waals surface area contributed by atoms with E-state index in [4.69, 9.17) is 0 Å². The van der Waals surface area contributed by atoms with Crippen molar-refractivity contribution in [3.63, 3.8) is 0 Å². The van der Waals surface area contributed by atoms with Gasteiger partial charge in [0.05, 0.1) is 8.07 Å². The van der Waals surface area contributed by atoms with Crippen LogP contribution in [0.25, 0.3) is 0 Å². The van der Waals surface area contributed by atoms with E-state index in [-0.39, 0.29) is 0 Å². The third-order valence-corrected chi connectivity index (χ3v) is 6.48. The van der Waals surface area contributed by atoms with Crippen LogP contribution in [0, 0.1) is 11.8 Å². The lowest BCUT2D eigenvalue weighted by Gasteiger charge is -2.24. The van der Waals surface area contributed by atoms with Gasteiger partial charge in [-0.2, -0.15) is 0 Å². The minimum absolute atomic E-state index is 0.733. The Labute approximate surface area is 83.9 Å². The Morgan fingerprint density at radius 3 is 2.17 bits per heavy atom. The van der Waals surface area contributed by atoms with Crippen molar-refractivity contribution >= 4 is 24.0 Å². The normalized spacial score (nSPS) is 33.7. The first kappa shape index (κ1) is 8.76. The van der Waals surface area contributed by atoms with E-state index in [0.29, 0.717) is 0 Å². The van der Waals surface area contributed by atoms with Gasteiger partial charge in [-0.25, -0.2) is 0 Å². The van der Waals surface area contributed by atoms with E-state index in [1.54, 1.807) is 5.20 Å². The highest BCUT2D eigenvalue weighted by Gasteiger charge is 2.39. The second-order valence-electron chi connectivity index (χ2n) is 4.85. The summed E-state index contributed by atoms with van der Waals surface area (Å²) >= 11 is 3.76. The van der Waals surface area contributed by atoms with E-state index in [0.717, 1.165) is 11.8 Å². The molecule has 0 spiro atoms. The highest BCUT2D eigenvalue weighted by atomic mass is 79.9.